The number of H-pyrrole nitrogens is 1. The van der Waals surface area contributed by atoms with Crippen molar-refractivity contribution in [2.45, 2.75) is 0 Å². The molecule has 0 saturated heterocycles. The van der Waals surface area contributed by atoms with Gasteiger partial charge in [0.25, 0.3) is 5.70 Å². The highest BCUT2D eigenvalue weighted by atomic mass is 127. The molecule has 3 aromatic rings. The molecule has 114 valence electrons. The topological polar surface area (TPSA) is 32.6 Å². The summed E-state index contributed by atoms with van der Waals surface area (Å²) in [6.07, 6.45) is 8.29. The van der Waals surface area contributed by atoms with E-state index in [1.165, 1.54) is 4.24 Å². The number of fused-ring (bicyclic) bond motifs is 1. The van der Waals surface area contributed by atoms with Crippen molar-refractivity contribution in [2.75, 3.05) is 12.5 Å². The molecule has 0 aliphatic heterocycles. The first-order valence-corrected chi connectivity index (χ1v) is 9.02. The Kier molecular flexibility index (Phi) is 6.34. The second kappa shape index (κ2) is 8.03. The zero-order valence-corrected chi connectivity index (χ0v) is 16.1. The van der Waals surface area contributed by atoms with Crippen LogP contribution in [0, 0.1) is 0 Å². The molecule has 6 heteroatoms. The van der Waals surface area contributed by atoms with Crippen LogP contribution in [0.4, 0.5) is 0 Å². The average Bonchev–Trinajstić information content (AvgIpc) is 2.96. The maximum absolute atomic E-state index is 4.75. The SMILES string of the molecule is CSC(SC)=C(c1nc2ccccc2[nH]1)[n+]1ccccc1.[I-]. The zero-order valence-electron chi connectivity index (χ0n) is 12.3. The Labute approximate surface area is 155 Å². The highest BCUT2D eigenvalue weighted by molar-refractivity contribution is 8.21. The number of imidazole rings is 1. The van der Waals surface area contributed by atoms with E-state index in [1.54, 1.807) is 23.5 Å². The first kappa shape index (κ1) is 17.4. The normalized spacial score (nSPS) is 10.3. The van der Waals surface area contributed by atoms with Gasteiger partial charge < -0.3 is 29.0 Å². The van der Waals surface area contributed by atoms with Crippen LogP contribution in [0.2, 0.25) is 0 Å². The quantitative estimate of drug-likeness (QED) is 0.480. The van der Waals surface area contributed by atoms with Gasteiger partial charge in [0.15, 0.2) is 12.4 Å². The highest BCUT2D eigenvalue weighted by Crippen LogP contribution is 2.30. The molecule has 0 bridgehead atoms. The van der Waals surface area contributed by atoms with Gasteiger partial charge >= 0.3 is 0 Å². The number of para-hydroxylation sites is 2. The van der Waals surface area contributed by atoms with Crippen molar-refractivity contribution < 1.29 is 28.5 Å². The molecule has 0 saturated carbocycles. The Balaban J connectivity index is 0.00000176. The predicted octanol–water partition coefficient (Wildman–Crippen LogP) is 0.755. The third-order valence-corrected chi connectivity index (χ3v) is 5.28. The summed E-state index contributed by atoms with van der Waals surface area (Å²) < 4.78 is 3.34. The molecular weight excluding hydrogens is 425 g/mol. The van der Waals surface area contributed by atoms with Gasteiger partial charge in [0.05, 0.1) is 11.0 Å². The number of thioether (sulfide) groups is 2. The molecule has 0 atom stereocenters. The lowest BCUT2D eigenvalue weighted by Crippen LogP contribution is -3.00. The summed E-state index contributed by atoms with van der Waals surface area (Å²) in [5, 5.41) is 0. The van der Waals surface area contributed by atoms with Crippen LogP contribution in [-0.4, -0.2) is 22.5 Å². The molecule has 3 nitrogen and oxygen atoms in total. The van der Waals surface area contributed by atoms with Crippen LogP contribution in [0.25, 0.3) is 16.7 Å². The largest absolute Gasteiger partial charge is 1.00 e. The van der Waals surface area contributed by atoms with E-state index in [4.69, 9.17) is 4.98 Å². The third kappa shape index (κ3) is 3.49. The molecule has 0 amide bonds. The first-order chi connectivity index (χ1) is 10.3. The highest BCUT2D eigenvalue weighted by Gasteiger charge is 2.22. The lowest BCUT2D eigenvalue weighted by Gasteiger charge is -2.04. The number of hydrogen-bond donors (Lipinski definition) is 1. The summed E-state index contributed by atoms with van der Waals surface area (Å²) in [5.41, 5.74) is 3.14. The molecule has 0 aliphatic carbocycles. The second-order valence-corrected chi connectivity index (χ2v) is 6.32. The maximum Gasteiger partial charge on any atom is 0.273 e. The number of aromatic amines is 1. The summed E-state index contributed by atoms with van der Waals surface area (Å²) in [6, 6.07) is 14.2. The van der Waals surface area contributed by atoms with E-state index in [2.05, 4.69) is 40.5 Å². The molecular formula is C16H16IN3S2. The molecule has 0 radical (unpaired) electrons. The van der Waals surface area contributed by atoms with Crippen LogP contribution >= 0.6 is 23.5 Å². The van der Waals surface area contributed by atoms with E-state index < -0.39 is 0 Å². The van der Waals surface area contributed by atoms with Crippen molar-refractivity contribution in [3.63, 3.8) is 0 Å². The Hall–Kier alpha value is -0.990. The van der Waals surface area contributed by atoms with Gasteiger partial charge in [0, 0.05) is 12.1 Å². The van der Waals surface area contributed by atoms with Gasteiger partial charge in [0.1, 0.15) is 4.24 Å². The Morgan fingerprint density at radius 1 is 1.00 bits per heavy atom. The number of aromatic nitrogens is 3. The van der Waals surface area contributed by atoms with Crippen LogP contribution in [-0.2, 0) is 0 Å². The van der Waals surface area contributed by atoms with Crippen LogP contribution in [0.15, 0.2) is 59.1 Å². The van der Waals surface area contributed by atoms with Crippen molar-refractivity contribution in [1.82, 2.24) is 9.97 Å². The smallest absolute Gasteiger partial charge is 0.273 e. The van der Waals surface area contributed by atoms with Crippen molar-refractivity contribution in [1.29, 1.82) is 0 Å². The molecule has 0 aliphatic rings. The fourth-order valence-corrected chi connectivity index (χ4v) is 3.67. The molecule has 1 aromatic carbocycles. The standard InChI is InChI=1S/C16H16N3S2.HI/c1-20-16(21-2)14(19-10-6-3-7-11-19)15-17-12-8-4-5-9-13(12)18-15;/h3-11H,1-2H3,(H,17,18);1H/q+1;/p-1. The van der Waals surface area contributed by atoms with Crippen LogP contribution in [0.5, 0.6) is 0 Å². The lowest BCUT2D eigenvalue weighted by molar-refractivity contribution is -0.579. The summed E-state index contributed by atoms with van der Waals surface area (Å²) in [5.74, 6) is 0.895. The van der Waals surface area contributed by atoms with Crippen molar-refractivity contribution in [2.24, 2.45) is 0 Å². The number of benzene rings is 1. The van der Waals surface area contributed by atoms with Gasteiger partial charge in [-0.05, 0) is 24.6 Å². The van der Waals surface area contributed by atoms with Crippen molar-refractivity contribution in [3.8, 4) is 0 Å². The zero-order chi connectivity index (χ0) is 14.7. The second-order valence-electron chi connectivity index (χ2n) is 4.43. The number of hydrogen-bond acceptors (Lipinski definition) is 3. The Bertz CT molecular complexity index is 745. The number of rotatable bonds is 4. The summed E-state index contributed by atoms with van der Waals surface area (Å²) in [4.78, 5) is 8.17. The number of nitrogens with one attached hydrogen (secondary N) is 1. The van der Waals surface area contributed by atoms with Gasteiger partial charge in [-0.1, -0.05) is 18.2 Å². The van der Waals surface area contributed by atoms with E-state index in [0.29, 0.717) is 0 Å². The van der Waals surface area contributed by atoms with E-state index >= 15 is 0 Å². The van der Waals surface area contributed by atoms with Gasteiger partial charge in [-0.15, -0.1) is 23.5 Å². The Morgan fingerprint density at radius 3 is 2.32 bits per heavy atom. The molecule has 1 N–H and O–H groups in total. The minimum Gasteiger partial charge on any atom is -1.00 e. The summed E-state index contributed by atoms with van der Waals surface area (Å²) in [7, 11) is 0. The number of halogens is 1. The summed E-state index contributed by atoms with van der Waals surface area (Å²) in [6.45, 7) is 0. The summed E-state index contributed by atoms with van der Waals surface area (Å²) >= 11 is 3.48. The molecule has 0 unspecified atom stereocenters. The van der Waals surface area contributed by atoms with E-state index in [9.17, 15) is 0 Å². The third-order valence-electron chi connectivity index (χ3n) is 3.15. The molecule has 2 aromatic heterocycles. The predicted molar refractivity (Wildman–Crippen MR) is 92.1 cm³/mol. The maximum atomic E-state index is 4.75. The molecule has 3 rings (SSSR count). The monoisotopic (exact) mass is 441 g/mol. The average molecular weight is 441 g/mol. The minimum absolute atomic E-state index is 0. The van der Waals surface area contributed by atoms with E-state index in [1.807, 2.05) is 36.4 Å². The van der Waals surface area contributed by atoms with E-state index in [-0.39, 0.29) is 24.0 Å². The number of nitrogens with zero attached hydrogens (tertiary/aromatic N) is 2. The van der Waals surface area contributed by atoms with Crippen LogP contribution in [0.3, 0.4) is 0 Å². The van der Waals surface area contributed by atoms with Gasteiger partial charge in [-0.3, -0.25) is 0 Å². The molecule has 22 heavy (non-hydrogen) atoms. The Morgan fingerprint density at radius 2 is 1.68 bits per heavy atom. The van der Waals surface area contributed by atoms with Gasteiger partial charge in [0.2, 0.25) is 5.82 Å². The molecule has 2 heterocycles. The lowest BCUT2D eigenvalue weighted by atomic mass is 10.3. The van der Waals surface area contributed by atoms with Gasteiger partial charge in [-0.2, -0.15) is 4.57 Å². The fourth-order valence-electron chi connectivity index (χ4n) is 2.21. The van der Waals surface area contributed by atoms with Crippen LogP contribution in [0.1, 0.15) is 5.82 Å². The van der Waals surface area contributed by atoms with Gasteiger partial charge in [-0.25, -0.2) is 4.98 Å². The molecule has 0 fully saturated rings. The van der Waals surface area contributed by atoms with Crippen molar-refractivity contribution in [3.05, 3.63) is 64.9 Å². The minimum atomic E-state index is 0. The number of pyridine rings is 1. The first-order valence-electron chi connectivity index (χ1n) is 6.57. The van der Waals surface area contributed by atoms with Crippen LogP contribution < -0.4 is 28.5 Å². The fraction of sp³-hybridized carbons (Fsp3) is 0.125. The van der Waals surface area contributed by atoms with Crippen molar-refractivity contribution >= 4 is 40.3 Å². The molecule has 0 spiro atoms. The van der Waals surface area contributed by atoms with E-state index in [0.717, 1.165) is 22.6 Å².